The van der Waals surface area contributed by atoms with Crippen LogP contribution < -0.4 is 5.32 Å². The number of aryl methyl sites for hydroxylation is 2. The standard InChI is InChI=1S/C13H18N2S/c1-10-5-6-12(7-11(10)2)16-9-13(3,8-14)15-4/h5-7,15H,9H2,1-4H3. The third-order valence-corrected chi connectivity index (χ3v) is 4.11. The SMILES string of the molecule is CNC(C)(C#N)CSc1ccc(C)c(C)c1. The molecule has 16 heavy (non-hydrogen) atoms. The Morgan fingerprint density at radius 3 is 2.56 bits per heavy atom. The fourth-order valence-electron chi connectivity index (χ4n) is 1.19. The van der Waals surface area contributed by atoms with Crippen LogP contribution in [0.5, 0.6) is 0 Å². The molecule has 0 spiro atoms. The number of nitrogens with zero attached hydrogens (tertiary/aromatic N) is 1. The van der Waals surface area contributed by atoms with Gasteiger partial charge in [0, 0.05) is 10.6 Å². The van der Waals surface area contributed by atoms with E-state index in [0.29, 0.717) is 0 Å². The third kappa shape index (κ3) is 3.26. The lowest BCUT2D eigenvalue weighted by Crippen LogP contribution is -2.40. The smallest absolute Gasteiger partial charge is 0.113 e. The molecular weight excluding hydrogens is 216 g/mol. The Morgan fingerprint density at radius 2 is 2.06 bits per heavy atom. The summed E-state index contributed by atoms with van der Waals surface area (Å²) in [5.41, 5.74) is 2.15. The molecule has 0 bridgehead atoms. The zero-order valence-corrected chi connectivity index (χ0v) is 11.1. The highest BCUT2D eigenvalue weighted by atomic mass is 32.2. The molecule has 0 saturated heterocycles. The molecule has 1 aromatic carbocycles. The van der Waals surface area contributed by atoms with Crippen molar-refractivity contribution >= 4 is 11.8 Å². The maximum Gasteiger partial charge on any atom is 0.113 e. The lowest BCUT2D eigenvalue weighted by Gasteiger charge is -2.20. The van der Waals surface area contributed by atoms with Crippen LogP contribution in [0.2, 0.25) is 0 Å². The van der Waals surface area contributed by atoms with Crippen molar-refractivity contribution in [3.63, 3.8) is 0 Å². The van der Waals surface area contributed by atoms with Crippen molar-refractivity contribution in [2.75, 3.05) is 12.8 Å². The summed E-state index contributed by atoms with van der Waals surface area (Å²) in [5.74, 6) is 0.752. The second kappa shape index (κ2) is 5.38. The first kappa shape index (κ1) is 13.1. The van der Waals surface area contributed by atoms with Gasteiger partial charge in [0.1, 0.15) is 5.54 Å². The van der Waals surface area contributed by atoms with Gasteiger partial charge in [0.25, 0.3) is 0 Å². The highest BCUT2D eigenvalue weighted by Crippen LogP contribution is 2.24. The van der Waals surface area contributed by atoms with Gasteiger partial charge in [-0.3, -0.25) is 0 Å². The van der Waals surface area contributed by atoms with Crippen LogP contribution >= 0.6 is 11.8 Å². The molecule has 2 nitrogen and oxygen atoms in total. The van der Waals surface area contributed by atoms with Crippen molar-refractivity contribution in [3.8, 4) is 6.07 Å². The molecule has 1 unspecified atom stereocenters. The quantitative estimate of drug-likeness (QED) is 0.814. The van der Waals surface area contributed by atoms with Crippen LogP contribution in [0, 0.1) is 25.2 Å². The highest BCUT2D eigenvalue weighted by molar-refractivity contribution is 7.99. The normalized spacial score (nSPS) is 14.2. The van der Waals surface area contributed by atoms with Crippen LogP contribution in [0.3, 0.4) is 0 Å². The Morgan fingerprint density at radius 1 is 1.38 bits per heavy atom. The molecule has 1 atom stereocenters. The molecule has 0 aliphatic heterocycles. The van der Waals surface area contributed by atoms with Gasteiger partial charge in [-0.2, -0.15) is 5.26 Å². The maximum atomic E-state index is 9.04. The van der Waals surface area contributed by atoms with Crippen molar-refractivity contribution in [2.45, 2.75) is 31.2 Å². The van der Waals surface area contributed by atoms with Crippen LogP contribution in [0.15, 0.2) is 23.1 Å². The Hall–Kier alpha value is -0.980. The van der Waals surface area contributed by atoms with Gasteiger partial charge in [-0.25, -0.2) is 0 Å². The summed E-state index contributed by atoms with van der Waals surface area (Å²) < 4.78 is 0. The van der Waals surface area contributed by atoms with E-state index in [4.69, 9.17) is 5.26 Å². The van der Waals surface area contributed by atoms with Crippen LogP contribution in [-0.2, 0) is 0 Å². The molecule has 1 aromatic rings. The summed E-state index contributed by atoms with van der Waals surface area (Å²) in [4.78, 5) is 1.22. The van der Waals surface area contributed by atoms with Gasteiger partial charge in [0.15, 0.2) is 0 Å². The molecule has 0 saturated carbocycles. The number of benzene rings is 1. The zero-order valence-electron chi connectivity index (χ0n) is 10.3. The average Bonchev–Trinajstić information content (AvgIpc) is 2.30. The average molecular weight is 234 g/mol. The van der Waals surface area contributed by atoms with Gasteiger partial charge < -0.3 is 5.32 Å². The Kier molecular flexibility index (Phi) is 4.40. The Bertz CT molecular complexity index is 409. The molecular formula is C13H18N2S. The summed E-state index contributed by atoms with van der Waals surface area (Å²) >= 11 is 1.71. The van der Waals surface area contributed by atoms with E-state index >= 15 is 0 Å². The van der Waals surface area contributed by atoms with Crippen LogP contribution in [-0.4, -0.2) is 18.3 Å². The zero-order chi connectivity index (χ0) is 12.2. The monoisotopic (exact) mass is 234 g/mol. The molecule has 0 radical (unpaired) electrons. The first-order chi connectivity index (χ1) is 7.50. The fourth-order valence-corrected chi connectivity index (χ4v) is 2.28. The van der Waals surface area contributed by atoms with Crippen molar-refractivity contribution in [1.82, 2.24) is 5.32 Å². The minimum absolute atomic E-state index is 0.455. The number of thioether (sulfide) groups is 1. The largest absolute Gasteiger partial charge is 0.302 e. The lowest BCUT2D eigenvalue weighted by molar-refractivity contribution is 0.550. The van der Waals surface area contributed by atoms with Crippen molar-refractivity contribution in [2.24, 2.45) is 0 Å². The number of rotatable bonds is 4. The van der Waals surface area contributed by atoms with E-state index in [1.807, 2.05) is 14.0 Å². The van der Waals surface area contributed by atoms with Crippen molar-refractivity contribution < 1.29 is 0 Å². The van der Waals surface area contributed by atoms with E-state index in [-0.39, 0.29) is 0 Å². The lowest BCUT2D eigenvalue weighted by atomic mass is 10.1. The summed E-state index contributed by atoms with van der Waals surface area (Å²) in [6.45, 7) is 6.14. The predicted octanol–water partition coefficient (Wildman–Crippen LogP) is 2.90. The summed E-state index contributed by atoms with van der Waals surface area (Å²) in [5, 5.41) is 12.1. The molecule has 1 rings (SSSR count). The molecule has 0 aromatic heterocycles. The number of hydrogen-bond donors (Lipinski definition) is 1. The Balaban J connectivity index is 2.69. The van der Waals surface area contributed by atoms with Gasteiger partial charge >= 0.3 is 0 Å². The van der Waals surface area contributed by atoms with Crippen molar-refractivity contribution in [3.05, 3.63) is 29.3 Å². The second-order valence-corrected chi connectivity index (χ2v) is 5.28. The molecule has 0 amide bonds. The summed E-state index contributed by atoms with van der Waals surface area (Å²) in [6, 6.07) is 8.70. The molecule has 3 heteroatoms. The molecule has 86 valence electrons. The molecule has 0 heterocycles. The number of nitriles is 1. The van der Waals surface area contributed by atoms with Gasteiger partial charge in [0.05, 0.1) is 6.07 Å². The minimum atomic E-state index is -0.455. The maximum absolute atomic E-state index is 9.04. The summed E-state index contributed by atoms with van der Waals surface area (Å²) in [6.07, 6.45) is 0. The molecule has 0 aliphatic carbocycles. The topological polar surface area (TPSA) is 35.8 Å². The first-order valence-electron chi connectivity index (χ1n) is 5.31. The Labute approximate surface area is 102 Å². The van der Waals surface area contributed by atoms with Crippen LogP contribution in [0.4, 0.5) is 0 Å². The van der Waals surface area contributed by atoms with Crippen LogP contribution in [0.1, 0.15) is 18.1 Å². The van der Waals surface area contributed by atoms with E-state index < -0.39 is 5.54 Å². The van der Waals surface area contributed by atoms with E-state index in [1.165, 1.54) is 16.0 Å². The van der Waals surface area contributed by atoms with E-state index in [2.05, 4.69) is 43.4 Å². The number of nitrogens with one attached hydrogen (secondary N) is 1. The van der Waals surface area contributed by atoms with Gasteiger partial charge in [-0.15, -0.1) is 11.8 Å². The van der Waals surface area contributed by atoms with Crippen LogP contribution in [0.25, 0.3) is 0 Å². The molecule has 0 aliphatic rings. The van der Waals surface area contributed by atoms with Gasteiger partial charge in [0.2, 0.25) is 0 Å². The van der Waals surface area contributed by atoms with E-state index in [9.17, 15) is 0 Å². The highest BCUT2D eigenvalue weighted by Gasteiger charge is 2.21. The first-order valence-corrected chi connectivity index (χ1v) is 6.29. The molecule has 0 fully saturated rings. The van der Waals surface area contributed by atoms with Crippen molar-refractivity contribution in [1.29, 1.82) is 5.26 Å². The van der Waals surface area contributed by atoms with E-state index in [1.54, 1.807) is 11.8 Å². The fraction of sp³-hybridized carbons (Fsp3) is 0.462. The van der Waals surface area contributed by atoms with Gasteiger partial charge in [-0.1, -0.05) is 6.07 Å². The van der Waals surface area contributed by atoms with E-state index in [0.717, 1.165) is 5.75 Å². The minimum Gasteiger partial charge on any atom is -0.302 e. The molecule has 1 N–H and O–H groups in total. The van der Waals surface area contributed by atoms with Gasteiger partial charge in [-0.05, 0) is 51.1 Å². The number of hydrogen-bond acceptors (Lipinski definition) is 3. The predicted molar refractivity (Wildman–Crippen MR) is 69.7 cm³/mol. The third-order valence-electron chi connectivity index (χ3n) is 2.80. The second-order valence-electron chi connectivity index (χ2n) is 4.23. The summed E-state index contributed by atoms with van der Waals surface area (Å²) in [7, 11) is 1.82.